The Kier molecular flexibility index (Phi) is 4.32. The van der Waals surface area contributed by atoms with E-state index >= 15 is 0 Å². The van der Waals surface area contributed by atoms with Crippen LogP contribution in [0.4, 0.5) is 0 Å². The average molecular weight is 299 g/mol. The summed E-state index contributed by atoms with van der Waals surface area (Å²) >= 11 is 0. The summed E-state index contributed by atoms with van der Waals surface area (Å²) in [5, 5.41) is 17.3. The summed E-state index contributed by atoms with van der Waals surface area (Å²) in [6.07, 6.45) is 2.33. The van der Waals surface area contributed by atoms with Gasteiger partial charge in [-0.3, -0.25) is 4.68 Å². The maximum Gasteiger partial charge on any atom is 0.0644 e. The Morgan fingerprint density at radius 2 is 2.14 bits per heavy atom. The Labute approximate surface area is 132 Å². The lowest BCUT2D eigenvalue weighted by Crippen LogP contribution is -2.19. The first-order chi connectivity index (χ1) is 10.6. The maximum atomic E-state index is 9.10. The molecule has 1 aliphatic carbocycles. The van der Waals surface area contributed by atoms with Crippen LogP contribution in [0.3, 0.4) is 0 Å². The first kappa shape index (κ1) is 15.3. The van der Waals surface area contributed by atoms with E-state index in [1.54, 1.807) is 0 Å². The summed E-state index contributed by atoms with van der Waals surface area (Å²) in [6, 6.07) is 7.22. The number of nitrogens with zero attached hydrogens (tertiary/aromatic N) is 2. The SMILES string of the molecule is Cc1ccc2c(c1)CC[C@H]2NCc1c(C)nn(CCO)c1C. The van der Waals surface area contributed by atoms with Crippen molar-refractivity contribution in [1.82, 2.24) is 15.1 Å². The monoisotopic (exact) mass is 299 g/mol. The number of aromatic nitrogens is 2. The van der Waals surface area contributed by atoms with E-state index < -0.39 is 0 Å². The molecule has 1 aliphatic rings. The molecule has 0 radical (unpaired) electrons. The van der Waals surface area contributed by atoms with Crippen LogP contribution in [0.5, 0.6) is 0 Å². The van der Waals surface area contributed by atoms with Crippen molar-refractivity contribution in [3.05, 3.63) is 51.8 Å². The van der Waals surface area contributed by atoms with E-state index in [4.69, 9.17) is 5.11 Å². The summed E-state index contributed by atoms with van der Waals surface area (Å²) in [6.45, 7) is 7.81. The molecule has 0 saturated heterocycles. The molecule has 0 bridgehead atoms. The van der Waals surface area contributed by atoms with Crippen LogP contribution in [-0.4, -0.2) is 21.5 Å². The highest BCUT2D eigenvalue weighted by Crippen LogP contribution is 2.32. The van der Waals surface area contributed by atoms with E-state index in [0.29, 0.717) is 12.6 Å². The average Bonchev–Trinajstić information content (AvgIpc) is 2.99. The van der Waals surface area contributed by atoms with Crippen molar-refractivity contribution in [2.75, 3.05) is 6.61 Å². The standard InChI is InChI=1S/C18H25N3O/c1-12-4-6-16-15(10-12)5-7-18(16)19-11-17-13(2)20-21(8-9-22)14(17)3/h4,6,10,18-19,22H,5,7-9,11H2,1-3H3/t18-/m1/s1. The minimum atomic E-state index is 0.129. The molecule has 0 unspecified atom stereocenters. The largest absolute Gasteiger partial charge is 0.394 e. The van der Waals surface area contributed by atoms with Gasteiger partial charge in [-0.25, -0.2) is 0 Å². The molecular formula is C18H25N3O. The number of aliphatic hydroxyl groups excluding tert-OH is 1. The molecule has 0 saturated carbocycles. The number of aliphatic hydroxyl groups is 1. The number of benzene rings is 1. The molecule has 1 heterocycles. The van der Waals surface area contributed by atoms with Gasteiger partial charge in [0.05, 0.1) is 18.8 Å². The Morgan fingerprint density at radius 3 is 2.91 bits per heavy atom. The van der Waals surface area contributed by atoms with Gasteiger partial charge >= 0.3 is 0 Å². The second-order valence-electron chi connectivity index (χ2n) is 6.27. The highest BCUT2D eigenvalue weighted by Gasteiger charge is 2.22. The minimum Gasteiger partial charge on any atom is -0.394 e. The smallest absolute Gasteiger partial charge is 0.0644 e. The molecule has 2 N–H and O–H groups in total. The summed E-state index contributed by atoms with van der Waals surface area (Å²) in [7, 11) is 0. The zero-order valence-corrected chi connectivity index (χ0v) is 13.7. The van der Waals surface area contributed by atoms with Crippen LogP contribution in [0.15, 0.2) is 18.2 Å². The zero-order chi connectivity index (χ0) is 15.7. The van der Waals surface area contributed by atoms with Crippen LogP contribution in [0.1, 0.15) is 46.1 Å². The van der Waals surface area contributed by atoms with Gasteiger partial charge in [-0.05, 0) is 44.7 Å². The van der Waals surface area contributed by atoms with Gasteiger partial charge in [0.2, 0.25) is 0 Å². The van der Waals surface area contributed by atoms with Gasteiger partial charge in [0, 0.05) is 23.8 Å². The van der Waals surface area contributed by atoms with Crippen molar-refractivity contribution in [3.8, 4) is 0 Å². The molecule has 0 aliphatic heterocycles. The molecule has 0 amide bonds. The third-order valence-electron chi connectivity index (χ3n) is 4.74. The fourth-order valence-electron chi connectivity index (χ4n) is 3.49. The second-order valence-corrected chi connectivity index (χ2v) is 6.27. The van der Waals surface area contributed by atoms with Gasteiger partial charge in [0.25, 0.3) is 0 Å². The fourth-order valence-corrected chi connectivity index (χ4v) is 3.49. The topological polar surface area (TPSA) is 50.1 Å². The van der Waals surface area contributed by atoms with Crippen molar-refractivity contribution < 1.29 is 5.11 Å². The number of hydrogen-bond donors (Lipinski definition) is 2. The zero-order valence-electron chi connectivity index (χ0n) is 13.7. The van der Waals surface area contributed by atoms with Gasteiger partial charge in [-0.2, -0.15) is 5.10 Å². The van der Waals surface area contributed by atoms with Crippen molar-refractivity contribution in [2.45, 2.75) is 52.7 Å². The molecular weight excluding hydrogens is 274 g/mol. The van der Waals surface area contributed by atoms with E-state index in [-0.39, 0.29) is 6.61 Å². The lowest BCUT2D eigenvalue weighted by molar-refractivity contribution is 0.267. The van der Waals surface area contributed by atoms with Gasteiger partial charge < -0.3 is 10.4 Å². The predicted molar refractivity (Wildman–Crippen MR) is 87.9 cm³/mol. The maximum absolute atomic E-state index is 9.10. The summed E-state index contributed by atoms with van der Waals surface area (Å²) < 4.78 is 1.90. The Bertz CT molecular complexity index is 675. The van der Waals surface area contributed by atoms with Crippen LogP contribution >= 0.6 is 0 Å². The second kappa shape index (κ2) is 6.23. The third kappa shape index (κ3) is 2.81. The minimum absolute atomic E-state index is 0.129. The highest BCUT2D eigenvalue weighted by atomic mass is 16.3. The number of rotatable bonds is 5. The fraction of sp³-hybridized carbons (Fsp3) is 0.500. The Balaban J connectivity index is 1.72. The van der Waals surface area contributed by atoms with Crippen LogP contribution < -0.4 is 5.32 Å². The van der Waals surface area contributed by atoms with E-state index in [1.807, 2.05) is 11.6 Å². The number of hydrogen-bond acceptors (Lipinski definition) is 3. The lowest BCUT2D eigenvalue weighted by Gasteiger charge is -2.14. The normalized spacial score (nSPS) is 17.0. The molecule has 2 aromatic rings. The first-order valence-electron chi connectivity index (χ1n) is 8.06. The molecule has 4 heteroatoms. The molecule has 0 fully saturated rings. The van der Waals surface area contributed by atoms with Gasteiger partial charge in [0.15, 0.2) is 0 Å². The highest BCUT2D eigenvalue weighted by molar-refractivity contribution is 5.37. The molecule has 118 valence electrons. The van der Waals surface area contributed by atoms with Crippen LogP contribution in [0, 0.1) is 20.8 Å². The first-order valence-corrected chi connectivity index (χ1v) is 8.06. The van der Waals surface area contributed by atoms with Gasteiger partial charge in [0.1, 0.15) is 0 Å². The molecule has 0 spiro atoms. The van der Waals surface area contributed by atoms with Gasteiger partial charge in [-0.1, -0.05) is 23.8 Å². The quantitative estimate of drug-likeness (QED) is 0.892. The van der Waals surface area contributed by atoms with Crippen molar-refractivity contribution in [1.29, 1.82) is 0 Å². The molecule has 1 atom stereocenters. The number of fused-ring (bicyclic) bond motifs is 1. The van der Waals surface area contributed by atoms with E-state index in [2.05, 4.69) is 42.5 Å². The molecule has 3 rings (SSSR count). The van der Waals surface area contributed by atoms with Crippen LogP contribution in [-0.2, 0) is 19.5 Å². The molecule has 22 heavy (non-hydrogen) atoms. The van der Waals surface area contributed by atoms with Crippen molar-refractivity contribution in [2.24, 2.45) is 0 Å². The summed E-state index contributed by atoms with van der Waals surface area (Å²) in [4.78, 5) is 0. The van der Waals surface area contributed by atoms with E-state index in [0.717, 1.165) is 24.4 Å². The summed E-state index contributed by atoms with van der Waals surface area (Å²) in [5.74, 6) is 0. The lowest BCUT2D eigenvalue weighted by atomic mass is 10.1. The number of nitrogens with one attached hydrogen (secondary N) is 1. The molecule has 1 aromatic heterocycles. The van der Waals surface area contributed by atoms with E-state index in [1.165, 1.54) is 28.7 Å². The van der Waals surface area contributed by atoms with Crippen molar-refractivity contribution in [3.63, 3.8) is 0 Å². The van der Waals surface area contributed by atoms with Crippen molar-refractivity contribution >= 4 is 0 Å². The van der Waals surface area contributed by atoms with Crippen LogP contribution in [0.2, 0.25) is 0 Å². The van der Waals surface area contributed by atoms with E-state index in [9.17, 15) is 0 Å². The molecule has 1 aromatic carbocycles. The Morgan fingerprint density at radius 1 is 1.32 bits per heavy atom. The molecule has 4 nitrogen and oxygen atoms in total. The Hall–Kier alpha value is -1.65. The number of aryl methyl sites for hydroxylation is 3. The summed E-state index contributed by atoms with van der Waals surface area (Å²) in [5.41, 5.74) is 7.75. The van der Waals surface area contributed by atoms with Crippen LogP contribution in [0.25, 0.3) is 0 Å². The third-order valence-corrected chi connectivity index (χ3v) is 4.74. The van der Waals surface area contributed by atoms with Gasteiger partial charge in [-0.15, -0.1) is 0 Å². The predicted octanol–water partition coefficient (Wildman–Crippen LogP) is 2.58.